The number of halogens is 3. The van der Waals surface area contributed by atoms with Crippen LogP contribution in [0.25, 0.3) is 0 Å². The first kappa shape index (κ1) is 15.5. The van der Waals surface area contributed by atoms with Gasteiger partial charge in [-0.05, 0) is 48.7 Å². The van der Waals surface area contributed by atoms with E-state index in [1.807, 2.05) is 36.4 Å². The van der Waals surface area contributed by atoms with Gasteiger partial charge in [0.15, 0.2) is 0 Å². The van der Waals surface area contributed by atoms with E-state index in [0.29, 0.717) is 10.0 Å². The molecule has 2 rings (SSSR count). The van der Waals surface area contributed by atoms with Gasteiger partial charge in [0.05, 0.1) is 16.1 Å². The molecule has 0 aliphatic carbocycles. The van der Waals surface area contributed by atoms with Gasteiger partial charge >= 0.3 is 0 Å². The largest absolute Gasteiger partial charge is 0.378 e. The molecule has 1 atom stereocenters. The van der Waals surface area contributed by atoms with E-state index in [2.05, 4.69) is 19.2 Å². The predicted molar refractivity (Wildman–Crippen MR) is 89.3 cm³/mol. The standard InChI is InChI=1S/C16H16Cl3N/c1-3-15(11-5-7-13(18)14(19)8-11)20-16-9-12(17)6-4-10(16)2/h4-9,15,20H,3H2,1-2H3. The minimum atomic E-state index is 0.168. The Morgan fingerprint density at radius 2 is 1.75 bits per heavy atom. The zero-order valence-corrected chi connectivity index (χ0v) is 13.7. The van der Waals surface area contributed by atoms with Gasteiger partial charge in [-0.2, -0.15) is 0 Å². The van der Waals surface area contributed by atoms with Gasteiger partial charge in [-0.15, -0.1) is 0 Å². The Bertz CT molecular complexity index is 611. The van der Waals surface area contributed by atoms with Gasteiger partial charge in [0, 0.05) is 10.7 Å². The molecule has 0 aromatic heterocycles. The van der Waals surface area contributed by atoms with Gasteiger partial charge in [-0.25, -0.2) is 0 Å². The molecule has 0 aliphatic rings. The van der Waals surface area contributed by atoms with Crippen molar-refractivity contribution in [2.75, 3.05) is 5.32 Å². The monoisotopic (exact) mass is 327 g/mol. The highest BCUT2D eigenvalue weighted by molar-refractivity contribution is 6.42. The van der Waals surface area contributed by atoms with Crippen LogP contribution in [0.5, 0.6) is 0 Å². The molecule has 2 aromatic carbocycles. The van der Waals surface area contributed by atoms with Crippen molar-refractivity contribution in [2.45, 2.75) is 26.3 Å². The summed E-state index contributed by atoms with van der Waals surface area (Å²) in [7, 11) is 0. The fraction of sp³-hybridized carbons (Fsp3) is 0.250. The summed E-state index contributed by atoms with van der Waals surface area (Å²) in [6.07, 6.45) is 0.934. The van der Waals surface area contributed by atoms with E-state index in [-0.39, 0.29) is 6.04 Å². The van der Waals surface area contributed by atoms with E-state index >= 15 is 0 Å². The van der Waals surface area contributed by atoms with Crippen LogP contribution in [0.2, 0.25) is 15.1 Å². The molecule has 0 saturated heterocycles. The van der Waals surface area contributed by atoms with Gasteiger partial charge in [0.25, 0.3) is 0 Å². The topological polar surface area (TPSA) is 12.0 Å². The van der Waals surface area contributed by atoms with Crippen LogP contribution in [0.3, 0.4) is 0 Å². The summed E-state index contributed by atoms with van der Waals surface area (Å²) in [5.41, 5.74) is 3.31. The molecule has 20 heavy (non-hydrogen) atoms. The normalized spacial score (nSPS) is 12.2. The molecule has 0 heterocycles. The minimum absolute atomic E-state index is 0.168. The van der Waals surface area contributed by atoms with Crippen molar-refractivity contribution in [3.05, 3.63) is 62.6 Å². The van der Waals surface area contributed by atoms with E-state index in [0.717, 1.165) is 28.3 Å². The van der Waals surface area contributed by atoms with Gasteiger partial charge in [0.1, 0.15) is 0 Å². The number of nitrogens with one attached hydrogen (secondary N) is 1. The van der Waals surface area contributed by atoms with E-state index < -0.39 is 0 Å². The number of hydrogen-bond acceptors (Lipinski definition) is 1. The van der Waals surface area contributed by atoms with Crippen molar-refractivity contribution in [1.82, 2.24) is 0 Å². The highest BCUT2D eigenvalue weighted by Crippen LogP contribution is 2.30. The molecular formula is C16H16Cl3N. The van der Waals surface area contributed by atoms with Gasteiger partial charge in [-0.3, -0.25) is 0 Å². The third kappa shape index (κ3) is 3.60. The lowest BCUT2D eigenvalue weighted by atomic mass is 10.0. The molecule has 0 aliphatic heterocycles. The Morgan fingerprint density at radius 3 is 2.40 bits per heavy atom. The van der Waals surface area contributed by atoms with Crippen molar-refractivity contribution in [3.8, 4) is 0 Å². The summed E-state index contributed by atoms with van der Waals surface area (Å²) in [5.74, 6) is 0. The molecule has 0 fully saturated rings. The first-order valence-corrected chi connectivity index (χ1v) is 7.62. The van der Waals surface area contributed by atoms with Crippen LogP contribution in [0.4, 0.5) is 5.69 Å². The summed E-state index contributed by atoms with van der Waals surface area (Å²) in [4.78, 5) is 0. The SMILES string of the molecule is CCC(Nc1cc(Cl)ccc1C)c1ccc(Cl)c(Cl)c1. The maximum absolute atomic E-state index is 6.09. The van der Waals surface area contributed by atoms with Gasteiger partial charge in [0.2, 0.25) is 0 Å². The Hall–Kier alpha value is -0.890. The maximum atomic E-state index is 6.09. The molecular weight excluding hydrogens is 313 g/mol. The van der Waals surface area contributed by atoms with Crippen molar-refractivity contribution >= 4 is 40.5 Å². The summed E-state index contributed by atoms with van der Waals surface area (Å²) in [6.45, 7) is 4.18. The van der Waals surface area contributed by atoms with Crippen LogP contribution in [0.1, 0.15) is 30.5 Å². The molecule has 1 N–H and O–H groups in total. The predicted octanol–water partition coefficient (Wildman–Crippen LogP) is 6.52. The number of aryl methyl sites for hydroxylation is 1. The molecule has 1 nitrogen and oxygen atoms in total. The van der Waals surface area contributed by atoms with Crippen molar-refractivity contribution in [1.29, 1.82) is 0 Å². The number of anilines is 1. The van der Waals surface area contributed by atoms with E-state index in [1.165, 1.54) is 0 Å². The van der Waals surface area contributed by atoms with Crippen LogP contribution < -0.4 is 5.32 Å². The summed E-state index contributed by atoms with van der Waals surface area (Å²) < 4.78 is 0. The van der Waals surface area contributed by atoms with E-state index in [9.17, 15) is 0 Å². The summed E-state index contributed by atoms with van der Waals surface area (Å²) in [6, 6.07) is 11.7. The fourth-order valence-corrected chi connectivity index (χ4v) is 2.57. The Morgan fingerprint density at radius 1 is 1.00 bits per heavy atom. The Balaban J connectivity index is 2.28. The fourth-order valence-electron chi connectivity index (χ4n) is 2.09. The van der Waals surface area contributed by atoms with Gasteiger partial charge < -0.3 is 5.32 Å². The van der Waals surface area contributed by atoms with Gasteiger partial charge in [-0.1, -0.05) is 53.9 Å². The van der Waals surface area contributed by atoms with Crippen LogP contribution in [-0.2, 0) is 0 Å². The molecule has 0 radical (unpaired) electrons. The molecule has 4 heteroatoms. The van der Waals surface area contributed by atoms with Crippen LogP contribution in [-0.4, -0.2) is 0 Å². The maximum Gasteiger partial charge on any atom is 0.0595 e. The van der Waals surface area contributed by atoms with E-state index in [4.69, 9.17) is 34.8 Å². The number of hydrogen-bond donors (Lipinski definition) is 1. The smallest absolute Gasteiger partial charge is 0.0595 e. The quantitative estimate of drug-likeness (QED) is 0.673. The molecule has 0 saturated carbocycles. The zero-order chi connectivity index (χ0) is 14.7. The summed E-state index contributed by atoms with van der Waals surface area (Å²) >= 11 is 18.1. The van der Waals surface area contributed by atoms with Crippen molar-refractivity contribution in [2.24, 2.45) is 0 Å². The highest BCUT2D eigenvalue weighted by atomic mass is 35.5. The lowest BCUT2D eigenvalue weighted by Gasteiger charge is -2.21. The molecule has 1 unspecified atom stereocenters. The van der Waals surface area contributed by atoms with Crippen LogP contribution >= 0.6 is 34.8 Å². The minimum Gasteiger partial charge on any atom is -0.378 e. The molecule has 0 spiro atoms. The lowest BCUT2D eigenvalue weighted by Crippen LogP contribution is -2.10. The van der Waals surface area contributed by atoms with Crippen molar-refractivity contribution in [3.63, 3.8) is 0 Å². The highest BCUT2D eigenvalue weighted by Gasteiger charge is 2.12. The first-order valence-electron chi connectivity index (χ1n) is 6.49. The average molecular weight is 329 g/mol. The molecule has 0 amide bonds. The molecule has 2 aromatic rings. The van der Waals surface area contributed by atoms with Crippen LogP contribution in [0.15, 0.2) is 36.4 Å². The summed E-state index contributed by atoms with van der Waals surface area (Å²) in [5, 5.41) is 5.39. The Labute approximate surface area is 134 Å². The number of benzene rings is 2. The second-order valence-electron chi connectivity index (χ2n) is 4.74. The van der Waals surface area contributed by atoms with E-state index in [1.54, 1.807) is 0 Å². The molecule has 0 bridgehead atoms. The van der Waals surface area contributed by atoms with Crippen LogP contribution in [0, 0.1) is 6.92 Å². The second-order valence-corrected chi connectivity index (χ2v) is 5.99. The third-order valence-electron chi connectivity index (χ3n) is 3.28. The average Bonchev–Trinajstić information content (AvgIpc) is 2.43. The van der Waals surface area contributed by atoms with Crippen molar-refractivity contribution < 1.29 is 0 Å². The third-order valence-corrected chi connectivity index (χ3v) is 4.26. The first-order chi connectivity index (χ1) is 9.51. The Kier molecular flexibility index (Phi) is 5.20. The second kappa shape index (κ2) is 6.71. The number of rotatable bonds is 4. The molecule has 106 valence electrons. The zero-order valence-electron chi connectivity index (χ0n) is 11.4. The lowest BCUT2D eigenvalue weighted by molar-refractivity contribution is 0.748.